The van der Waals surface area contributed by atoms with E-state index in [4.69, 9.17) is 0 Å². The van der Waals surface area contributed by atoms with Crippen molar-refractivity contribution in [2.24, 2.45) is 5.92 Å². The van der Waals surface area contributed by atoms with Gasteiger partial charge in [-0.3, -0.25) is 0 Å². The first-order chi connectivity index (χ1) is 7.08. The van der Waals surface area contributed by atoms with Crippen LogP contribution in [0.4, 0.5) is 0 Å². The van der Waals surface area contributed by atoms with Gasteiger partial charge < -0.3 is 10.2 Å². The van der Waals surface area contributed by atoms with Gasteiger partial charge in [-0.2, -0.15) is 0 Å². The molecule has 0 saturated carbocycles. The molecule has 0 aromatic carbocycles. The number of nitrogens with one attached hydrogen (secondary N) is 1. The minimum Gasteiger partial charge on any atom is -0.311 e. The average Bonchev–Trinajstić information content (AvgIpc) is 2.14. The molecule has 1 N–H and O–H groups in total. The highest BCUT2D eigenvalue weighted by atomic mass is 15.2. The van der Waals surface area contributed by atoms with E-state index < -0.39 is 0 Å². The van der Waals surface area contributed by atoms with Crippen LogP contribution in [0.1, 0.15) is 47.0 Å². The van der Waals surface area contributed by atoms with E-state index in [2.05, 4.69) is 37.9 Å². The van der Waals surface area contributed by atoms with Crippen LogP contribution in [-0.4, -0.2) is 36.6 Å². The largest absolute Gasteiger partial charge is 0.311 e. The quantitative estimate of drug-likeness (QED) is 0.753. The Labute approximate surface area is 95.4 Å². The Morgan fingerprint density at radius 3 is 2.60 bits per heavy atom. The zero-order valence-electron chi connectivity index (χ0n) is 10.9. The fraction of sp³-hybridized carbons (Fsp3) is 1.00. The van der Waals surface area contributed by atoms with Crippen LogP contribution in [0.15, 0.2) is 0 Å². The number of likely N-dealkylation sites (tertiary alicyclic amines) is 1. The van der Waals surface area contributed by atoms with Gasteiger partial charge in [0.15, 0.2) is 0 Å². The molecule has 0 bridgehead atoms. The Kier molecular flexibility index (Phi) is 5.62. The zero-order valence-corrected chi connectivity index (χ0v) is 10.9. The number of piperidine rings is 1. The molecule has 0 aromatic heterocycles. The lowest BCUT2D eigenvalue weighted by Gasteiger charge is -2.34. The minimum atomic E-state index is 0.625. The van der Waals surface area contributed by atoms with Gasteiger partial charge in [-0.25, -0.2) is 0 Å². The van der Waals surface area contributed by atoms with Crippen LogP contribution >= 0.6 is 0 Å². The highest BCUT2D eigenvalue weighted by Crippen LogP contribution is 2.12. The average molecular weight is 212 g/mol. The van der Waals surface area contributed by atoms with Crippen LogP contribution in [0.2, 0.25) is 0 Å². The van der Waals surface area contributed by atoms with E-state index in [0.29, 0.717) is 6.04 Å². The Bertz CT molecular complexity index is 166. The fourth-order valence-electron chi connectivity index (χ4n) is 2.31. The summed E-state index contributed by atoms with van der Waals surface area (Å²) in [5, 5.41) is 3.66. The third-order valence-electron chi connectivity index (χ3n) is 3.10. The second kappa shape index (κ2) is 6.49. The Hall–Kier alpha value is -0.0800. The second-order valence-corrected chi connectivity index (χ2v) is 5.64. The zero-order chi connectivity index (χ0) is 11.3. The van der Waals surface area contributed by atoms with Crippen molar-refractivity contribution in [1.82, 2.24) is 10.2 Å². The molecule has 1 saturated heterocycles. The Balaban J connectivity index is 2.23. The second-order valence-electron chi connectivity index (χ2n) is 5.64. The monoisotopic (exact) mass is 212 g/mol. The smallest absolute Gasteiger partial charge is 0.0197 e. The normalized spacial score (nSPS) is 24.0. The van der Waals surface area contributed by atoms with Crippen molar-refractivity contribution in [2.75, 3.05) is 19.6 Å². The van der Waals surface area contributed by atoms with Gasteiger partial charge in [-0.05, 0) is 38.3 Å². The van der Waals surface area contributed by atoms with Gasteiger partial charge in [0.1, 0.15) is 0 Å². The Morgan fingerprint density at radius 2 is 2.00 bits per heavy atom. The van der Waals surface area contributed by atoms with Crippen LogP contribution in [0.5, 0.6) is 0 Å². The van der Waals surface area contributed by atoms with Crippen molar-refractivity contribution >= 4 is 0 Å². The summed E-state index contributed by atoms with van der Waals surface area (Å²) in [6, 6.07) is 1.35. The van der Waals surface area contributed by atoms with Gasteiger partial charge in [0.2, 0.25) is 0 Å². The lowest BCUT2D eigenvalue weighted by molar-refractivity contribution is 0.178. The molecule has 0 spiro atoms. The summed E-state index contributed by atoms with van der Waals surface area (Å²) in [7, 11) is 0. The molecule has 1 aliphatic heterocycles. The first-order valence-corrected chi connectivity index (χ1v) is 6.56. The molecule has 1 aliphatic rings. The first kappa shape index (κ1) is 13.0. The molecule has 0 amide bonds. The van der Waals surface area contributed by atoms with Crippen LogP contribution in [0.3, 0.4) is 0 Å². The van der Waals surface area contributed by atoms with Gasteiger partial charge in [-0.1, -0.05) is 27.7 Å². The lowest BCUT2D eigenvalue weighted by atomic mass is 10.0. The summed E-state index contributed by atoms with van der Waals surface area (Å²) in [6.07, 6.45) is 4.06. The first-order valence-electron chi connectivity index (χ1n) is 6.56. The molecule has 0 radical (unpaired) electrons. The lowest BCUT2D eigenvalue weighted by Crippen LogP contribution is -2.48. The van der Waals surface area contributed by atoms with E-state index in [-0.39, 0.29) is 0 Å². The summed E-state index contributed by atoms with van der Waals surface area (Å²) in [5.74, 6) is 0.837. The van der Waals surface area contributed by atoms with Crippen LogP contribution in [-0.2, 0) is 0 Å². The van der Waals surface area contributed by atoms with Gasteiger partial charge in [0.05, 0.1) is 0 Å². The maximum absolute atomic E-state index is 3.66. The molecular formula is C13H28N2. The van der Waals surface area contributed by atoms with Gasteiger partial charge in [0, 0.05) is 18.6 Å². The molecular weight excluding hydrogens is 184 g/mol. The molecule has 1 heterocycles. The van der Waals surface area contributed by atoms with Gasteiger partial charge in [0.25, 0.3) is 0 Å². The fourth-order valence-corrected chi connectivity index (χ4v) is 2.31. The predicted octanol–water partition coefficient (Wildman–Crippen LogP) is 2.49. The maximum Gasteiger partial charge on any atom is 0.0197 e. The molecule has 1 fully saturated rings. The van der Waals surface area contributed by atoms with Crippen molar-refractivity contribution in [3.63, 3.8) is 0 Å². The highest BCUT2D eigenvalue weighted by molar-refractivity contribution is 4.79. The molecule has 1 rings (SSSR count). The maximum atomic E-state index is 3.66. The minimum absolute atomic E-state index is 0.625. The summed E-state index contributed by atoms with van der Waals surface area (Å²) >= 11 is 0. The molecule has 1 unspecified atom stereocenters. The van der Waals surface area contributed by atoms with Crippen LogP contribution < -0.4 is 5.32 Å². The molecule has 90 valence electrons. The molecule has 0 aromatic rings. The molecule has 1 atom stereocenters. The number of hydrogen-bond acceptors (Lipinski definition) is 2. The molecule has 0 aliphatic carbocycles. The van der Waals surface area contributed by atoms with E-state index in [1.165, 1.54) is 38.9 Å². The third-order valence-corrected chi connectivity index (χ3v) is 3.10. The van der Waals surface area contributed by atoms with Crippen molar-refractivity contribution < 1.29 is 0 Å². The SMILES string of the molecule is CC(C)CCN1CCCC(NC(C)C)C1. The summed E-state index contributed by atoms with van der Waals surface area (Å²) in [5.41, 5.74) is 0. The van der Waals surface area contributed by atoms with Crippen LogP contribution in [0, 0.1) is 5.92 Å². The van der Waals surface area contributed by atoms with E-state index in [9.17, 15) is 0 Å². The molecule has 2 nitrogen and oxygen atoms in total. The molecule has 15 heavy (non-hydrogen) atoms. The van der Waals surface area contributed by atoms with Crippen molar-refractivity contribution in [1.29, 1.82) is 0 Å². The van der Waals surface area contributed by atoms with Crippen molar-refractivity contribution in [2.45, 2.75) is 59.0 Å². The number of nitrogens with zero attached hydrogens (tertiary/aromatic N) is 1. The van der Waals surface area contributed by atoms with Gasteiger partial charge in [-0.15, -0.1) is 0 Å². The summed E-state index contributed by atoms with van der Waals surface area (Å²) < 4.78 is 0. The standard InChI is InChI=1S/C13H28N2/c1-11(2)7-9-15-8-5-6-13(10-15)14-12(3)4/h11-14H,5-10H2,1-4H3. The van der Waals surface area contributed by atoms with Crippen LogP contribution in [0.25, 0.3) is 0 Å². The van der Waals surface area contributed by atoms with E-state index >= 15 is 0 Å². The van der Waals surface area contributed by atoms with E-state index in [1.807, 2.05) is 0 Å². The van der Waals surface area contributed by atoms with E-state index in [0.717, 1.165) is 12.0 Å². The third kappa shape index (κ3) is 5.53. The Morgan fingerprint density at radius 1 is 1.27 bits per heavy atom. The topological polar surface area (TPSA) is 15.3 Å². The molecule has 2 heteroatoms. The number of rotatable bonds is 5. The summed E-state index contributed by atoms with van der Waals surface area (Å²) in [6.45, 7) is 13.0. The highest BCUT2D eigenvalue weighted by Gasteiger charge is 2.19. The van der Waals surface area contributed by atoms with Gasteiger partial charge >= 0.3 is 0 Å². The van der Waals surface area contributed by atoms with Crippen molar-refractivity contribution in [3.05, 3.63) is 0 Å². The van der Waals surface area contributed by atoms with E-state index in [1.54, 1.807) is 0 Å². The van der Waals surface area contributed by atoms with Crippen molar-refractivity contribution in [3.8, 4) is 0 Å². The number of hydrogen-bond donors (Lipinski definition) is 1. The summed E-state index contributed by atoms with van der Waals surface area (Å²) in [4.78, 5) is 2.63. The predicted molar refractivity (Wildman–Crippen MR) is 67.2 cm³/mol.